The fourth-order valence-electron chi connectivity index (χ4n) is 3.66. The van der Waals surface area contributed by atoms with Gasteiger partial charge in [-0.2, -0.15) is 4.31 Å². The summed E-state index contributed by atoms with van der Waals surface area (Å²) in [6.07, 6.45) is 2.65. The minimum Gasteiger partial charge on any atom is -0.389 e. The van der Waals surface area contributed by atoms with Crippen LogP contribution < -0.4 is 5.32 Å². The fraction of sp³-hybridized carbons (Fsp3) is 0.667. The van der Waals surface area contributed by atoms with Gasteiger partial charge in [-0.15, -0.1) is 0 Å². The number of sulfonamides is 1. The fourth-order valence-corrected chi connectivity index (χ4v) is 5.19. The molecule has 0 unspecified atom stereocenters. The van der Waals surface area contributed by atoms with Gasteiger partial charge in [0.15, 0.2) is 0 Å². The van der Waals surface area contributed by atoms with Gasteiger partial charge in [-0.05, 0) is 38.1 Å². The molecule has 0 aliphatic carbocycles. The number of nitrogens with zero attached hydrogens (tertiary/aromatic N) is 2. The van der Waals surface area contributed by atoms with Crippen molar-refractivity contribution in [3.8, 4) is 0 Å². The molecule has 3 N–H and O–H groups in total. The van der Waals surface area contributed by atoms with Crippen LogP contribution in [0.3, 0.4) is 0 Å². The van der Waals surface area contributed by atoms with Crippen LogP contribution >= 0.6 is 0 Å². The van der Waals surface area contributed by atoms with Crippen LogP contribution in [0.5, 0.6) is 0 Å². The third-order valence-electron chi connectivity index (χ3n) is 5.31. The lowest BCUT2D eigenvalue weighted by molar-refractivity contribution is -0.0384. The molecule has 0 aromatic heterocycles. The molecule has 0 bridgehead atoms. The maximum atomic E-state index is 12.7. The maximum absolute atomic E-state index is 12.7. The third-order valence-corrected chi connectivity index (χ3v) is 7.14. The third kappa shape index (κ3) is 4.44. The molecule has 0 spiro atoms. The topological polar surface area (TPSA) is 93.1 Å². The highest BCUT2D eigenvalue weighted by Gasteiger charge is 2.48. The van der Waals surface area contributed by atoms with Gasteiger partial charge in [0.1, 0.15) is 5.60 Å². The van der Waals surface area contributed by atoms with Gasteiger partial charge < -0.3 is 20.4 Å². The lowest BCUT2D eigenvalue weighted by Crippen LogP contribution is -2.51. The van der Waals surface area contributed by atoms with E-state index < -0.39 is 21.7 Å². The van der Waals surface area contributed by atoms with Gasteiger partial charge >= 0.3 is 0 Å². The van der Waals surface area contributed by atoms with Gasteiger partial charge in [0, 0.05) is 32.7 Å². The Bertz CT molecular complexity index is 679. The van der Waals surface area contributed by atoms with Crippen LogP contribution in [0.1, 0.15) is 19.3 Å². The number of hydrogen-bond acceptors (Lipinski definition) is 6. The lowest BCUT2D eigenvalue weighted by atomic mass is 10.0. The van der Waals surface area contributed by atoms with Crippen molar-refractivity contribution in [2.75, 3.05) is 45.8 Å². The van der Waals surface area contributed by atoms with Crippen molar-refractivity contribution in [3.63, 3.8) is 0 Å². The molecule has 7 nitrogen and oxygen atoms in total. The molecule has 0 amide bonds. The van der Waals surface area contributed by atoms with Crippen LogP contribution in [-0.2, 0) is 10.0 Å². The summed E-state index contributed by atoms with van der Waals surface area (Å²) >= 11 is 0. The van der Waals surface area contributed by atoms with Crippen molar-refractivity contribution in [2.45, 2.75) is 35.9 Å². The first-order valence-electron chi connectivity index (χ1n) is 9.30. The normalized spacial score (nSPS) is 28.5. The number of benzene rings is 1. The molecule has 0 saturated carbocycles. The summed E-state index contributed by atoms with van der Waals surface area (Å²) in [6, 6.07) is 8.12. The molecule has 26 heavy (non-hydrogen) atoms. The second kappa shape index (κ2) is 8.33. The van der Waals surface area contributed by atoms with Gasteiger partial charge in [-0.25, -0.2) is 8.42 Å². The van der Waals surface area contributed by atoms with Crippen LogP contribution in [0.2, 0.25) is 0 Å². The number of hydrogen-bond donors (Lipinski definition) is 3. The van der Waals surface area contributed by atoms with E-state index in [1.807, 2.05) is 0 Å². The Morgan fingerprint density at radius 1 is 1.15 bits per heavy atom. The van der Waals surface area contributed by atoms with E-state index in [9.17, 15) is 18.6 Å². The van der Waals surface area contributed by atoms with E-state index >= 15 is 0 Å². The molecule has 2 aliphatic heterocycles. The molecule has 2 atom stereocenters. The molecule has 3 rings (SSSR count). The minimum absolute atomic E-state index is 0.0957. The van der Waals surface area contributed by atoms with E-state index in [1.54, 1.807) is 18.2 Å². The van der Waals surface area contributed by atoms with Crippen molar-refractivity contribution >= 4 is 10.0 Å². The predicted molar refractivity (Wildman–Crippen MR) is 99.3 cm³/mol. The van der Waals surface area contributed by atoms with Crippen LogP contribution in [0.4, 0.5) is 0 Å². The standard InChI is InChI=1S/C18H29N3O4S/c22-17-13-21(26(24,25)16-7-3-1-4-8-16)15-18(17,23)14-19-9-12-20-10-5-2-6-11-20/h1,3-4,7-8,17,19,22-23H,2,5-6,9-15H2/t17-,18+/m1/s1. The largest absolute Gasteiger partial charge is 0.389 e. The number of aliphatic hydroxyl groups excluding tert-OH is 1. The van der Waals surface area contributed by atoms with Crippen molar-refractivity contribution in [1.82, 2.24) is 14.5 Å². The molecule has 146 valence electrons. The van der Waals surface area contributed by atoms with E-state index in [4.69, 9.17) is 0 Å². The quantitative estimate of drug-likeness (QED) is 0.568. The van der Waals surface area contributed by atoms with E-state index in [0.717, 1.165) is 19.6 Å². The van der Waals surface area contributed by atoms with Crippen molar-refractivity contribution in [3.05, 3.63) is 30.3 Å². The highest BCUT2D eigenvalue weighted by Crippen LogP contribution is 2.27. The van der Waals surface area contributed by atoms with Crippen molar-refractivity contribution < 1.29 is 18.6 Å². The molecule has 2 aliphatic rings. The smallest absolute Gasteiger partial charge is 0.243 e. The van der Waals surface area contributed by atoms with Crippen LogP contribution in [0.15, 0.2) is 35.2 Å². The number of rotatable bonds is 7. The Hall–Kier alpha value is -1.03. The molecule has 2 heterocycles. The van der Waals surface area contributed by atoms with Crippen molar-refractivity contribution in [1.29, 1.82) is 0 Å². The maximum Gasteiger partial charge on any atom is 0.243 e. The summed E-state index contributed by atoms with van der Waals surface area (Å²) in [5, 5.41) is 24.2. The molecule has 8 heteroatoms. The first-order valence-corrected chi connectivity index (χ1v) is 10.7. The van der Waals surface area contributed by atoms with E-state index in [2.05, 4.69) is 10.2 Å². The summed E-state index contributed by atoms with van der Waals surface area (Å²) in [6.45, 7) is 3.79. The monoisotopic (exact) mass is 383 g/mol. The first-order chi connectivity index (χ1) is 12.4. The second-order valence-electron chi connectivity index (χ2n) is 7.31. The first kappa shape index (κ1) is 19.7. The summed E-state index contributed by atoms with van der Waals surface area (Å²) in [4.78, 5) is 2.56. The van der Waals surface area contributed by atoms with Crippen LogP contribution in [0.25, 0.3) is 0 Å². The Labute approximate surface area is 155 Å². The summed E-state index contributed by atoms with van der Waals surface area (Å²) in [5.41, 5.74) is -1.47. The SMILES string of the molecule is O=S(=O)(c1ccccc1)N1C[C@@H](O)[C@](O)(CNCCN2CCCCC2)C1. The zero-order chi connectivity index (χ0) is 18.6. The average Bonchev–Trinajstić information content (AvgIpc) is 2.96. The van der Waals surface area contributed by atoms with E-state index in [1.165, 1.54) is 35.7 Å². The molecule has 1 aromatic rings. The van der Waals surface area contributed by atoms with Crippen LogP contribution in [0, 0.1) is 0 Å². The Morgan fingerprint density at radius 2 is 1.85 bits per heavy atom. The van der Waals surface area contributed by atoms with Gasteiger partial charge in [-0.1, -0.05) is 24.6 Å². The molecular weight excluding hydrogens is 354 g/mol. The molecular formula is C18H29N3O4S. The molecule has 1 aromatic carbocycles. The van der Waals surface area contributed by atoms with Gasteiger partial charge in [0.05, 0.1) is 11.0 Å². The van der Waals surface area contributed by atoms with Gasteiger partial charge in [0.2, 0.25) is 10.0 Å². The van der Waals surface area contributed by atoms with Gasteiger partial charge in [-0.3, -0.25) is 0 Å². The summed E-state index contributed by atoms with van der Waals surface area (Å²) in [5.74, 6) is 0. The highest BCUT2D eigenvalue weighted by molar-refractivity contribution is 7.89. The zero-order valence-corrected chi connectivity index (χ0v) is 15.9. The number of β-amino-alcohol motifs (C(OH)–C–C–N with tert-alkyl or cyclic N) is 2. The number of nitrogens with one attached hydrogen (secondary N) is 1. The molecule has 2 fully saturated rings. The van der Waals surface area contributed by atoms with Crippen molar-refractivity contribution in [2.24, 2.45) is 0 Å². The predicted octanol–water partition coefficient (Wildman–Crippen LogP) is -0.142. The Balaban J connectivity index is 1.53. The summed E-state index contributed by atoms with van der Waals surface area (Å²) in [7, 11) is -3.71. The lowest BCUT2D eigenvalue weighted by Gasteiger charge is -2.29. The highest BCUT2D eigenvalue weighted by atomic mass is 32.2. The van der Waals surface area contributed by atoms with E-state index in [-0.39, 0.29) is 24.5 Å². The number of likely N-dealkylation sites (tertiary alicyclic amines) is 1. The van der Waals surface area contributed by atoms with Gasteiger partial charge in [0.25, 0.3) is 0 Å². The second-order valence-corrected chi connectivity index (χ2v) is 9.25. The zero-order valence-electron chi connectivity index (χ0n) is 15.0. The molecule has 0 radical (unpaired) electrons. The molecule has 2 saturated heterocycles. The minimum atomic E-state index is -3.71. The van der Waals surface area contributed by atoms with Crippen LogP contribution in [-0.4, -0.2) is 85.4 Å². The average molecular weight is 384 g/mol. The number of aliphatic hydroxyl groups is 2. The number of piperidine rings is 1. The summed E-state index contributed by atoms with van der Waals surface area (Å²) < 4.78 is 26.5. The van der Waals surface area contributed by atoms with E-state index in [0.29, 0.717) is 6.54 Å². The Kier molecular flexibility index (Phi) is 6.32. The Morgan fingerprint density at radius 3 is 2.54 bits per heavy atom.